The Kier molecular flexibility index (Phi) is 32.1. The Bertz CT molecular complexity index is 1810. The van der Waals surface area contributed by atoms with Crippen LogP contribution < -0.4 is 0 Å². The van der Waals surface area contributed by atoms with Crippen LogP contribution in [0.25, 0.3) is 0 Å². The van der Waals surface area contributed by atoms with E-state index in [1.54, 1.807) is 0 Å². The Hall–Kier alpha value is -3.64. The molecule has 0 bridgehead atoms. The highest BCUT2D eigenvalue weighted by atomic mass is 14.2. The van der Waals surface area contributed by atoms with Crippen molar-refractivity contribution in [3.8, 4) is 0 Å². The van der Waals surface area contributed by atoms with Crippen molar-refractivity contribution in [2.45, 2.75) is 239 Å². The average molecular weight is 982 g/mol. The largest absolute Gasteiger partial charge is 0.0885 e. The van der Waals surface area contributed by atoms with Gasteiger partial charge in [0.05, 0.1) is 0 Å². The van der Waals surface area contributed by atoms with Gasteiger partial charge in [-0.25, -0.2) is 0 Å². The first kappa shape index (κ1) is 66.4. The second-order valence-electron chi connectivity index (χ2n) is 27.3. The molecule has 0 heterocycles. The van der Waals surface area contributed by atoms with Crippen LogP contribution in [0.2, 0.25) is 0 Å². The topological polar surface area (TPSA) is 0 Å². The van der Waals surface area contributed by atoms with Crippen molar-refractivity contribution in [1.29, 1.82) is 0 Å². The Morgan fingerprint density at radius 2 is 0.681 bits per heavy atom. The molecule has 8 aliphatic rings. The van der Waals surface area contributed by atoms with Gasteiger partial charge in [0.25, 0.3) is 0 Å². The monoisotopic (exact) mass is 981 g/mol. The van der Waals surface area contributed by atoms with Crippen LogP contribution in [0.3, 0.4) is 0 Å². The van der Waals surface area contributed by atoms with Crippen molar-refractivity contribution < 1.29 is 0 Å². The van der Waals surface area contributed by atoms with E-state index in [-0.39, 0.29) is 5.41 Å². The minimum Gasteiger partial charge on any atom is -0.0885 e. The molecule has 0 nitrogen and oxygen atoms in total. The number of allylic oxidation sites excluding steroid dienone is 28. The summed E-state index contributed by atoms with van der Waals surface area (Å²) in [6, 6.07) is 0. The molecule has 0 aromatic heterocycles. The normalized spacial score (nSPS) is 24.2. The lowest BCUT2D eigenvalue weighted by atomic mass is 9.85. The number of rotatable bonds is 0. The van der Waals surface area contributed by atoms with Crippen LogP contribution in [0.4, 0.5) is 0 Å². The van der Waals surface area contributed by atoms with Gasteiger partial charge in [-0.05, 0) is 154 Å². The van der Waals surface area contributed by atoms with Crippen LogP contribution in [0, 0.1) is 43.3 Å². The Labute approximate surface area is 450 Å². The zero-order valence-electron chi connectivity index (χ0n) is 50.3. The maximum Gasteiger partial charge on any atom is 0.00106 e. The predicted molar refractivity (Wildman–Crippen MR) is 331 cm³/mol. The molecule has 0 saturated heterocycles. The third-order valence-corrected chi connectivity index (χ3v) is 14.3. The molecule has 0 radical (unpaired) electrons. The SMILES string of the molecule is CC1(C)C=CC=CC=C1.CC1(C)C=CC=CCC1.CC1(C)C=CCC=CC1.CC1(C)C=CCCC=C1.CC1(C)C=CCCCC1.CC1(C)CC=CC=CC1.CC1(C)CC=CCCC1.CC1(C)CCC=CCC1. The second-order valence-corrected chi connectivity index (χ2v) is 27.3. The first-order valence-corrected chi connectivity index (χ1v) is 29.0. The molecule has 0 heteroatoms. The highest BCUT2D eigenvalue weighted by Gasteiger charge is 2.19. The summed E-state index contributed by atoms with van der Waals surface area (Å²) in [4.78, 5) is 0. The lowest BCUT2D eigenvalue weighted by Crippen LogP contribution is -2.08. The van der Waals surface area contributed by atoms with Crippen molar-refractivity contribution in [3.63, 3.8) is 0 Å². The number of hydrogen-bond acceptors (Lipinski definition) is 0. The molecular weight excluding hydrogens is 865 g/mol. The van der Waals surface area contributed by atoms with E-state index >= 15 is 0 Å². The van der Waals surface area contributed by atoms with Crippen molar-refractivity contribution >= 4 is 0 Å². The van der Waals surface area contributed by atoms with Gasteiger partial charge in [0.1, 0.15) is 0 Å². The molecule has 404 valence electrons. The number of hydrogen-bond donors (Lipinski definition) is 0. The van der Waals surface area contributed by atoms with Crippen molar-refractivity contribution in [1.82, 2.24) is 0 Å². The van der Waals surface area contributed by atoms with E-state index in [1.165, 1.54) is 122 Å². The molecule has 8 aliphatic carbocycles. The fraction of sp³-hybridized carbons (Fsp3) is 0.611. The van der Waals surface area contributed by atoms with E-state index in [9.17, 15) is 0 Å². The van der Waals surface area contributed by atoms with Gasteiger partial charge in [-0.3, -0.25) is 0 Å². The molecule has 0 fully saturated rings. The molecule has 72 heavy (non-hydrogen) atoms. The van der Waals surface area contributed by atoms with Crippen LogP contribution in [0.15, 0.2) is 170 Å². The molecule has 0 N–H and O–H groups in total. The van der Waals surface area contributed by atoms with Crippen LogP contribution in [-0.2, 0) is 0 Å². The maximum absolute atomic E-state index is 2.36. The van der Waals surface area contributed by atoms with Gasteiger partial charge in [-0.15, -0.1) is 0 Å². The molecule has 8 rings (SSSR count). The minimum atomic E-state index is 0.240. The molecule has 0 unspecified atom stereocenters. The molecule has 0 aliphatic heterocycles. The van der Waals surface area contributed by atoms with Gasteiger partial charge in [0.15, 0.2) is 0 Å². The van der Waals surface area contributed by atoms with E-state index in [1.807, 2.05) is 12.2 Å². The summed E-state index contributed by atoms with van der Waals surface area (Å²) in [5, 5.41) is 0. The van der Waals surface area contributed by atoms with E-state index in [4.69, 9.17) is 0 Å². The second kappa shape index (κ2) is 34.8. The first-order valence-electron chi connectivity index (χ1n) is 29.0. The van der Waals surface area contributed by atoms with Crippen molar-refractivity contribution in [3.05, 3.63) is 170 Å². The average Bonchev–Trinajstić information content (AvgIpc) is 4.00. The van der Waals surface area contributed by atoms with Crippen LogP contribution in [0.1, 0.15) is 239 Å². The standard InChI is InChI=1S/3C9H16.4C9H14.C9H12/c8*1-9(2)7-5-3-4-6-8-9/h5,7H,3-4,6,8H2,1-2H3;3,5H,4,6-8H2,1-2H3;3-4H,5-8H2,1-2H3;5-8H,3-4H2,1-2H3;3,5-6,8H,4,7H2,1-2H3;3-5,7H,6,8H2,1-2H3;3-6H,7-8H2,1-2H3;3-8H,1-2H3. The van der Waals surface area contributed by atoms with E-state index < -0.39 is 0 Å². The van der Waals surface area contributed by atoms with Crippen molar-refractivity contribution in [2.75, 3.05) is 0 Å². The summed E-state index contributed by atoms with van der Waals surface area (Å²) < 4.78 is 0. The van der Waals surface area contributed by atoms with Gasteiger partial charge in [0.2, 0.25) is 0 Å². The third kappa shape index (κ3) is 39.8. The predicted octanol–water partition coefficient (Wildman–Crippen LogP) is 23.8. The molecule has 0 saturated carbocycles. The molecule has 0 aromatic rings. The minimum absolute atomic E-state index is 0.240. The fourth-order valence-corrected chi connectivity index (χ4v) is 8.83. The third-order valence-electron chi connectivity index (χ3n) is 14.3. The Morgan fingerprint density at radius 1 is 0.222 bits per heavy atom. The highest BCUT2D eigenvalue weighted by molar-refractivity contribution is 5.22. The summed E-state index contributed by atoms with van der Waals surface area (Å²) in [7, 11) is 0. The molecule has 0 spiro atoms. The summed E-state index contributed by atoms with van der Waals surface area (Å²) in [5.41, 5.74) is 3.51. The van der Waals surface area contributed by atoms with Gasteiger partial charge in [-0.2, -0.15) is 0 Å². The molecule has 0 aromatic carbocycles. The van der Waals surface area contributed by atoms with Crippen LogP contribution in [-0.4, -0.2) is 0 Å². The van der Waals surface area contributed by atoms with Gasteiger partial charge in [-0.1, -0.05) is 287 Å². The Morgan fingerprint density at radius 3 is 1.29 bits per heavy atom. The van der Waals surface area contributed by atoms with E-state index in [2.05, 4.69) is 269 Å². The summed E-state index contributed by atoms with van der Waals surface area (Å²) in [6.45, 7) is 36.6. The molecule has 0 atom stereocenters. The fourth-order valence-electron chi connectivity index (χ4n) is 8.83. The zero-order valence-corrected chi connectivity index (χ0v) is 50.3. The summed E-state index contributed by atoms with van der Waals surface area (Å²) in [6.07, 6.45) is 87.9. The first-order chi connectivity index (χ1) is 33.7. The smallest absolute Gasteiger partial charge is 0.00106 e. The van der Waals surface area contributed by atoms with Crippen LogP contribution >= 0.6 is 0 Å². The Balaban J connectivity index is 0.000000411. The zero-order chi connectivity index (χ0) is 53.9. The van der Waals surface area contributed by atoms with Gasteiger partial charge < -0.3 is 0 Å². The molecule has 0 amide bonds. The summed E-state index contributed by atoms with van der Waals surface area (Å²) in [5.74, 6) is 0. The van der Waals surface area contributed by atoms with Crippen LogP contribution in [0.5, 0.6) is 0 Å². The maximum atomic E-state index is 2.36. The van der Waals surface area contributed by atoms with Gasteiger partial charge >= 0.3 is 0 Å². The lowest BCUT2D eigenvalue weighted by Gasteiger charge is -2.21. The van der Waals surface area contributed by atoms with E-state index in [0.29, 0.717) is 37.9 Å². The summed E-state index contributed by atoms with van der Waals surface area (Å²) >= 11 is 0. The highest BCUT2D eigenvalue weighted by Crippen LogP contribution is 2.33. The van der Waals surface area contributed by atoms with Crippen molar-refractivity contribution in [2.24, 2.45) is 43.3 Å². The van der Waals surface area contributed by atoms with E-state index in [0.717, 1.165) is 6.42 Å². The van der Waals surface area contributed by atoms with Gasteiger partial charge in [0, 0.05) is 10.8 Å². The lowest BCUT2D eigenvalue weighted by molar-refractivity contribution is 0.319. The quantitative estimate of drug-likeness (QED) is 0.212. The molecular formula is C72H116.